The van der Waals surface area contributed by atoms with Gasteiger partial charge in [0.2, 0.25) is 10.0 Å². The molecule has 0 aliphatic carbocycles. The van der Waals surface area contributed by atoms with Crippen molar-refractivity contribution >= 4 is 38.3 Å². The first-order chi connectivity index (χ1) is 13.9. The molecule has 2 aromatic heterocycles. The zero-order chi connectivity index (χ0) is 20.4. The third-order valence-electron chi connectivity index (χ3n) is 4.17. The standard InChI is InChI=1S/C20H17N5O3S/c1-29(27,28)24-16-7-3-2-6-15(16)20(26)23-14-10-11-19(21-12-14)25-13-22-17-8-4-5-9-18(17)25/h2-13,24H,1H3,(H,23,26). The Balaban J connectivity index is 1.56. The lowest BCUT2D eigenvalue weighted by Gasteiger charge is -2.11. The van der Waals surface area contributed by atoms with Crippen LogP contribution in [0.3, 0.4) is 0 Å². The Morgan fingerprint density at radius 3 is 2.48 bits per heavy atom. The van der Waals surface area contributed by atoms with Crippen LogP contribution in [0.2, 0.25) is 0 Å². The van der Waals surface area contributed by atoms with Gasteiger partial charge in [0.15, 0.2) is 0 Å². The number of hydrogen-bond donors (Lipinski definition) is 2. The normalized spacial score (nSPS) is 11.3. The summed E-state index contributed by atoms with van der Waals surface area (Å²) in [6.07, 6.45) is 4.26. The molecule has 8 nitrogen and oxygen atoms in total. The lowest BCUT2D eigenvalue weighted by Crippen LogP contribution is -2.17. The molecule has 146 valence electrons. The smallest absolute Gasteiger partial charge is 0.257 e. The highest BCUT2D eigenvalue weighted by Crippen LogP contribution is 2.20. The van der Waals surface area contributed by atoms with Crippen LogP contribution in [0.25, 0.3) is 16.9 Å². The Bertz CT molecular complexity index is 1300. The van der Waals surface area contributed by atoms with E-state index in [1.165, 1.54) is 12.3 Å². The average Bonchev–Trinajstić information content (AvgIpc) is 3.12. The molecule has 4 aromatic rings. The second-order valence-corrected chi connectivity index (χ2v) is 8.13. The largest absolute Gasteiger partial charge is 0.321 e. The molecule has 0 aliphatic heterocycles. The number of hydrogen-bond acceptors (Lipinski definition) is 5. The summed E-state index contributed by atoms with van der Waals surface area (Å²) in [5, 5.41) is 2.73. The van der Waals surface area contributed by atoms with E-state index in [0.29, 0.717) is 11.5 Å². The fourth-order valence-electron chi connectivity index (χ4n) is 2.91. The molecule has 0 spiro atoms. The van der Waals surface area contributed by atoms with E-state index < -0.39 is 15.9 Å². The molecule has 0 bridgehead atoms. The van der Waals surface area contributed by atoms with Crippen molar-refractivity contribution in [3.8, 4) is 5.82 Å². The molecule has 2 aromatic carbocycles. The molecule has 0 unspecified atom stereocenters. The fraction of sp³-hybridized carbons (Fsp3) is 0.0500. The number of benzene rings is 2. The number of imidazole rings is 1. The van der Waals surface area contributed by atoms with Crippen LogP contribution in [0.4, 0.5) is 11.4 Å². The van der Waals surface area contributed by atoms with E-state index in [1.807, 2.05) is 28.8 Å². The van der Waals surface area contributed by atoms with Crippen LogP contribution in [0.5, 0.6) is 0 Å². The number of anilines is 2. The third-order valence-corrected chi connectivity index (χ3v) is 4.76. The minimum atomic E-state index is -3.51. The molecular formula is C20H17N5O3S. The summed E-state index contributed by atoms with van der Waals surface area (Å²) < 4.78 is 27.2. The lowest BCUT2D eigenvalue weighted by molar-refractivity contribution is 0.102. The maximum atomic E-state index is 12.6. The van der Waals surface area contributed by atoms with E-state index in [4.69, 9.17) is 0 Å². The first-order valence-electron chi connectivity index (χ1n) is 8.67. The average molecular weight is 407 g/mol. The molecule has 2 heterocycles. The molecule has 0 atom stereocenters. The Morgan fingerprint density at radius 1 is 0.966 bits per heavy atom. The number of nitrogens with one attached hydrogen (secondary N) is 2. The van der Waals surface area contributed by atoms with E-state index in [9.17, 15) is 13.2 Å². The second kappa shape index (κ2) is 7.36. The predicted octanol–water partition coefficient (Wildman–Crippen LogP) is 3.04. The number of carbonyl (C=O) groups excluding carboxylic acids is 1. The summed E-state index contributed by atoms with van der Waals surface area (Å²) in [6.45, 7) is 0. The number of nitrogens with zero attached hydrogens (tertiary/aromatic N) is 3. The quantitative estimate of drug-likeness (QED) is 0.529. The van der Waals surface area contributed by atoms with E-state index in [0.717, 1.165) is 17.3 Å². The van der Waals surface area contributed by atoms with Gasteiger partial charge >= 0.3 is 0 Å². The molecule has 0 radical (unpaired) electrons. The van der Waals surface area contributed by atoms with Gasteiger partial charge in [0.05, 0.1) is 40.4 Å². The fourth-order valence-corrected chi connectivity index (χ4v) is 3.49. The number of fused-ring (bicyclic) bond motifs is 1. The monoisotopic (exact) mass is 407 g/mol. The lowest BCUT2D eigenvalue weighted by atomic mass is 10.1. The molecule has 0 fully saturated rings. The number of para-hydroxylation sites is 3. The van der Waals surface area contributed by atoms with Crippen LogP contribution >= 0.6 is 0 Å². The molecule has 0 aliphatic rings. The van der Waals surface area contributed by atoms with E-state index in [1.54, 1.807) is 36.7 Å². The zero-order valence-corrected chi connectivity index (χ0v) is 16.2. The SMILES string of the molecule is CS(=O)(=O)Nc1ccccc1C(=O)Nc1ccc(-n2cnc3ccccc32)nc1. The molecule has 4 rings (SSSR count). The van der Waals surface area contributed by atoms with Crippen LogP contribution in [0, 0.1) is 0 Å². The maximum absolute atomic E-state index is 12.6. The number of sulfonamides is 1. The van der Waals surface area contributed by atoms with Gasteiger partial charge in [0.1, 0.15) is 12.1 Å². The first-order valence-corrected chi connectivity index (χ1v) is 10.6. The molecule has 0 saturated carbocycles. The van der Waals surface area contributed by atoms with Crippen molar-refractivity contribution in [1.29, 1.82) is 0 Å². The summed E-state index contributed by atoms with van der Waals surface area (Å²) >= 11 is 0. The van der Waals surface area contributed by atoms with Crippen molar-refractivity contribution in [3.05, 3.63) is 78.8 Å². The van der Waals surface area contributed by atoms with Crippen molar-refractivity contribution in [1.82, 2.24) is 14.5 Å². The number of carbonyl (C=O) groups is 1. The van der Waals surface area contributed by atoms with Crippen LogP contribution < -0.4 is 10.0 Å². The second-order valence-electron chi connectivity index (χ2n) is 6.38. The molecular weight excluding hydrogens is 390 g/mol. The van der Waals surface area contributed by atoms with E-state index in [-0.39, 0.29) is 11.3 Å². The van der Waals surface area contributed by atoms with Gasteiger partial charge in [-0.05, 0) is 36.4 Å². The van der Waals surface area contributed by atoms with E-state index >= 15 is 0 Å². The summed E-state index contributed by atoms with van der Waals surface area (Å²) in [6, 6.07) is 17.6. The van der Waals surface area contributed by atoms with Crippen molar-refractivity contribution in [3.63, 3.8) is 0 Å². The maximum Gasteiger partial charge on any atom is 0.257 e. The van der Waals surface area contributed by atoms with Crippen LogP contribution in [0.1, 0.15) is 10.4 Å². The van der Waals surface area contributed by atoms with Gasteiger partial charge in [-0.15, -0.1) is 0 Å². The van der Waals surface area contributed by atoms with Gasteiger partial charge in [-0.2, -0.15) is 0 Å². The van der Waals surface area contributed by atoms with Gasteiger partial charge in [0.25, 0.3) is 5.91 Å². The third kappa shape index (κ3) is 4.09. The summed E-state index contributed by atoms with van der Waals surface area (Å²) in [4.78, 5) is 21.4. The Hall–Kier alpha value is -3.72. The predicted molar refractivity (Wildman–Crippen MR) is 112 cm³/mol. The molecule has 2 N–H and O–H groups in total. The molecule has 0 saturated heterocycles. The first kappa shape index (κ1) is 18.6. The molecule has 1 amide bonds. The highest BCUT2D eigenvalue weighted by atomic mass is 32.2. The van der Waals surface area contributed by atoms with Crippen molar-refractivity contribution < 1.29 is 13.2 Å². The highest BCUT2D eigenvalue weighted by molar-refractivity contribution is 7.92. The van der Waals surface area contributed by atoms with Crippen LogP contribution in [-0.4, -0.2) is 35.1 Å². The number of rotatable bonds is 5. The minimum Gasteiger partial charge on any atom is -0.321 e. The molecule has 29 heavy (non-hydrogen) atoms. The van der Waals surface area contributed by atoms with Gasteiger partial charge < -0.3 is 5.32 Å². The molecule has 9 heteroatoms. The van der Waals surface area contributed by atoms with Crippen LogP contribution in [0.15, 0.2) is 73.2 Å². The Labute approximate surface area is 167 Å². The van der Waals surface area contributed by atoms with Crippen LogP contribution in [-0.2, 0) is 10.0 Å². The zero-order valence-electron chi connectivity index (χ0n) is 15.4. The summed E-state index contributed by atoms with van der Waals surface area (Å²) in [5.74, 6) is 0.218. The Kier molecular flexibility index (Phi) is 4.73. The number of pyridine rings is 1. The summed E-state index contributed by atoms with van der Waals surface area (Å²) in [7, 11) is -3.51. The van der Waals surface area contributed by atoms with Gasteiger partial charge in [-0.1, -0.05) is 24.3 Å². The highest BCUT2D eigenvalue weighted by Gasteiger charge is 2.14. The number of aromatic nitrogens is 3. The van der Waals surface area contributed by atoms with Gasteiger partial charge in [-0.25, -0.2) is 18.4 Å². The number of amides is 1. The summed E-state index contributed by atoms with van der Waals surface area (Å²) in [5.41, 5.74) is 2.70. The van der Waals surface area contributed by atoms with Crippen molar-refractivity contribution in [2.45, 2.75) is 0 Å². The van der Waals surface area contributed by atoms with Crippen molar-refractivity contribution in [2.75, 3.05) is 16.3 Å². The minimum absolute atomic E-state index is 0.210. The Morgan fingerprint density at radius 2 is 1.72 bits per heavy atom. The van der Waals surface area contributed by atoms with E-state index in [2.05, 4.69) is 20.0 Å². The van der Waals surface area contributed by atoms with Crippen molar-refractivity contribution in [2.24, 2.45) is 0 Å². The topological polar surface area (TPSA) is 106 Å². The van der Waals surface area contributed by atoms with Gasteiger partial charge in [-0.3, -0.25) is 14.1 Å². The van der Waals surface area contributed by atoms with Gasteiger partial charge in [0, 0.05) is 0 Å².